The molecule has 2 unspecified atom stereocenters. The van der Waals surface area contributed by atoms with E-state index in [-0.39, 0.29) is 24.5 Å². The van der Waals surface area contributed by atoms with E-state index in [0.29, 0.717) is 11.1 Å². The fraction of sp³-hybridized carbons (Fsp3) is 0.467. The Labute approximate surface area is 118 Å². The van der Waals surface area contributed by atoms with Crippen LogP contribution in [0.2, 0.25) is 0 Å². The molecular formula is C15H20N2O3. The molecule has 1 aromatic carbocycles. The Morgan fingerprint density at radius 3 is 2.35 bits per heavy atom. The van der Waals surface area contributed by atoms with Gasteiger partial charge in [0.05, 0.1) is 0 Å². The zero-order valence-electron chi connectivity index (χ0n) is 11.3. The van der Waals surface area contributed by atoms with E-state index in [0.717, 1.165) is 25.7 Å². The standard InChI is InChI=1S/C15H20N2O3/c16-14(19)10-5-7-11(8-6-10)15(20)17-13-4-2-1-3-12(13)9-18/h5-8,12-13,18H,1-4,9H2,(H2,16,19)(H,17,20). The third kappa shape index (κ3) is 3.36. The van der Waals surface area contributed by atoms with Crippen LogP contribution in [-0.4, -0.2) is 29.6 Å². The van der Waals surface area contributed by atoms with Gasteiger partial charge in [-0.25, -0.2) is 0 Å². The van der Waals surface area contributed by atoms with E-state index in [1.807, 2.05) is 0 Å². The van der Waals surface area contributed by atoms with Gasteiger partial charge in [0.25, 0.3) is 5.91 Å². The molecule has 0 bridgehead atoms. The van der Waals surface area contributed by atoms with Gasteiger partial charge in [-0.05, 0) is 37.1 Å². The Hall–Kier alpha value is -1.88. The molecule has 5 heteroatoms. The maximum atomic E-state index is 12.1. The van der Waals surface area contributed by atoms with E-state index in [2.05, 4.69) is 5.32 Å². The SMILES string of the molecule is NC(=O)c1ccc(C(=O)NC2CCCCC2CO)cc1. The number of carbonyl (C=O) groups excluding carboxylic acids is 2. The molecule has 20 heavy (non-hydrogen) atoms. The highest BCUT2D eigenvalue weighted by atomic mass is 16.3. The van der Waals surface area contributed by atoms with Gasteiger partial charge in [-0.15, -0.1) is 0 Å². The van der Waals surface area contributed by atoms with E-state index in [1.54, 1.807) is 24.3 Å². The molecule has 1 aliphatic carbocycles. The number of aliphatic hydroxyl groups excluding tert-OH is 1. The minimum absolute atomic E-state index is 0.0251. The van der Waals surface area contributed by atoms with E-state index >= 15 is 0 Å². The number of hydrogen-bond acceptors (Lipinski definition) is 3. The first kappa shape index (κ1) is 14.5. The lowest BCUT2D eigenvalue weighted by molar-refractivity contribution is 0.0871. The van der Waals surface area contributed by atoms with Crippen LogP contribution in [0.1, 0.15) is 46.4 Å². The molecule has 1 saturated carbocycles. The van der Waals surface area contributed by atoms with Gasteiger partial charge in [0.15, 0.2) is 0 Å². The largest absolute Gasteiger partial charge is 0.396 e. The number of carbonyl (C=O) groups is 2. The van der Waals surface area contributed by atoms with Gasteiger partial charge in [-0.2, -0.15) is 0 Å². The van der Waals surface area contributed by atoms with Crippen LogP contribution >= 0.6 is 0 Å². The van der Waals surface area contributed by atoms with Gasteiger partial charge in [0, 0.05) is 29.7 Å². The molecule has 0 aliphatic heterocycles. The van der Waals surface area contributed by atoms with Crippen LogP contribution in [-0.2, 0) is 0 Å². The quantitative estimate of drug-likeness (QED) is 0.768. The van der Waals surface area contributed by atoms with E-state index in [9.17, 15) is 14.7 Å². The summed E-state index contributed by atoms with van der Waals surface area (Å²) in [5.74, 6) is -0.548. The number of amides is 2. The number of rotatable bonds is 4. The van der Waals surface area contributed by atoms with Gasteiger partial charge in [0.2, 0.25) is 5.91 Å². The van der Waals surface area contributed by atoms with Gasteiger partial charge in [-0.1, -0.05) is 12.8 Å². The molecule has 0 radical (unpaired) electrons. The van der Waals surface area contributed by atoms with Crippen LogP contribution in [0.3, 0.4) is 0 Å². The normalized spacial score (nSPS) is 22.2. The Balaban J connectivity index is 2.01. The minimum Gasteiger partial charge on any atom is -0.396 e. The van der Waals surface area contributed by atoms with Gasteiger partial charge < -0.3 is 16.2 Å². The molecule has 1 fully saturated rings. The molecule has 4 N–H and O–H groups in total. The van der Waals surface area contributed by atoms with Crippen molar-refractivity contribution >= 4 is 11.8 Å². The second kappa shape index (κ2) is 6.52. The Kier molecular flexibility index (Phi) is 4.74. The molecule has 0 heterocycles. The van der Waals surface area contributed by atoms with Crippen molar-refractivity contribution in [2.45, 2.75) is 31.7 Å². The van der Waals surface area contributed by atoms with Crippen molar-refractivity contribution in [1.82, 2.24) is 5.32 Å². The van der Waals surface area contributed by atoms with Crippen LogP contribution in [0.25, 0.3) is 0 Å². The van der Waals surface area contributed by atoms with Crippen molar-refractivity contribution in [3.05, 3.63) is 35.4 Å². The molecule has 2 atom stereocenters. The Morgan fingerprint density at radius 1 is 1.15 bits per heavy atom. The number of primary amides is 1. The minimum atomic E-state index is -0.510. The topological polar surface area (TPSA) is 92.4 Å². The lowest BCUT2D eigenvalue weighted by atomic mass is 9.85. The van der Waals surface area contributed by atoms with Crippen LogP contribution in [0.15, 0.2) is 24.3 Å². The fourth-order valence-corrected chi connectivity index (χ4v) is 2.65. The second-order valence-corrected chi connectivity index (χ2v) is 5.25. The summed E-state index contributed by atoms with van der Waals surface area (Å²) in [4.78, 5) is 23.1. The molecule has 108 valence electrons. The first-order valence-corrected chi connectivity index (χ1v) is 6.93. The van der Waals surface area contributed by atoms with Crippen molar-refractivity contribution in [3.8, 4) is 0 Å². The third-order valence-electron chi connectivity index (χ3n) is 3.89. The van der Waals surface area contributed by atoms with E-state index < -0.39 is 5.91 Å². The van der Waals surface area contributed by atoms with Crippen molar-refractivity contribution in [2.75, 3.05) is 6.61 Å². The van der Waals surface area contributed by atoms with Crippen LogP contribution < -0.4 is 11.1 Å². The van der Waals surface area contributed by atoms with E-state index in [4.69, 9.17) is 5.73 Å². The monoisotopic (exact) mass is 276 g/mol. The fourth-order valence-electron chi connectivity index (χ4n) is 2.65. The molecule has 0 aromatic heterocycles. The first-order chi connectivity index (χ1) is 9.61. The summed E-state index contributed by atoms with van der Waals surface area (Å²) in [7, 11) is 0. The highest BCUT2D eigenvalue weighted by Crippen LogP contribution is 2.24. The molecule has 1 aromatic rings. The van der Waals surface area contributed by atoms with Gasteiger partial charge in [-0.3, -0.25) is 9.59 Å². The third-order valence-corrected chi connectivity index (χ3v) is 3.89. The maximum absolute atomic E-state index is 12.1. The number of hydrogen-bond donors (Lipinski definition) is 3. The summed E-state index contributed by atoms with van der Waals surface area (Å²) in [5.41, 5.74) is 6.04. The molecule has 2 rings (SSSR count). The average molecular weight is 276 g/mol. The average Bonchev–Trinajstić information content (AvgIpc) is 2.48. The van der Waals surface area contributed by atoms with Crippen molar-refractivity contribution in [3.63, 3.8) is 0 Å². The van der Waals surface area contributed by atoms with Crippen molar-refractivity contribution < 1.29 is 14.7 Å². The summed E-state index contributed by atoms with van der Waals surface area (Å²) >= 11 is 0. The summed E-state index contributed by atoms with van der Waals surface area (Å²) < 4.78 is 0. The van der Waals surface area contributed by atoms with E-state index in [1.165, 1.54) is 0 Å². The lowest BCUT2D eigenvalue weighted by Gasteiger charge is -2.30. The Morgan fingerprint density at radius 2 is 1.75 bits per heavy atom. The molecule has 5 nitrogen and oxygen atoms in total. The number of benzene rings is 1. The van der Waals surface area contributed by atoms with Crippen molar-refractivity contribution in [1.29, 1.82) is 0 Å². The molecule has 1 aliphatic rings. The smallest absolute Gasteiger partial charge is 0.251 e. The zero-order valence-corrected chi connectivity index (χ0v) is 11.3. The summed E-state index contributed by atoms with van der Waals surface area (Å²) in [6, 6.07) is 6.29. The highest BCUT2D eigenvalue weighted by Gasteiger charge is 2.26. The first-order valence-electron chi connectivity index (χ1n) is 6.93. The predicted octanol–water partition coefficient (Wildman–Crippen LogP) is 1.07. The second-order valence-electron chi connectivity index (χ2n) is 5.25. The number of nitrogens with two attached hydrogens (primary N) is 1. The van der Waals surface area contributed by atoms with Crippen molar-refractivity contribution in [2.24, 2.45) is 11.7 Å². The lowest BCUT2D eigenvalue weighted by Crippen LogP contribution is -2.43. The molecule has 0 spiro atoms. The number of aliphatic hydroxyl groups is 1. The van der Waals surface area contributed by atoms with Crippen LogP contribution in [0.5, 0.6) is 0 Å². The van der Waals surface area contributed by atoms with Crippen LogP contribution in [0.4, 0.5) is 0 Å². The van der Waals surface area contributed by atoms with Gasteiger partial charge in [0.1, 0.15) is 0 Å². The number of nitrogens with one attached hydrogen (secondary N) is 1. The summed E-state index contributed by atoms with van der Waals surface area (Å²) in [6.45, 7) is 0.103. The zero-order chi connectivity index (χ0) is 14.5. The molecule has 0 saturated heterocycles. The summed E-state index contributed by atoms with van der Waals surface area (Å²) in [6.07, 6.45) is 4.02. The van der Waals surface area contributed by atoms with Gasteiger partial charge >= 0.3 is 0 Å². The highest BCUT2D eigenvalue weighted by molar-refractivity contribution is 5.97. The summed E-state index contributed by atoms with van der Waals surface area (Å²) in [5, 5.41) is 12.3. The predicted molar refractivity (Wildman–Crippen MR) is 75.3 cm³/mol. The van der Waals surface area contributed by atoms with Crippen LogP contribution in [0, 0.1) is 5.92 Å². The Bertz CT molecular complexity index is 484. The maximum Gasteiger partial charge on any atom is 0.251 e. The molecule has 2 amide bonds. The molecular weight excluding hydrogens is 256 g/mol.